The molecule has 0 aromatic heterocycles. The van der Waals surface area contributed by atoms with Crippen LogP contribution >= 0.6 is 11.6 Å². The number of nitrogens with one attached hydrogen (secondary N) is 1. The van der Waals surface area contributed by atoms with E-state index in [-0.39, 0.29) is 0 Å². The fraction of sp³-hybridized carbons (Fsp3) is 0.500. The molecule has 1 aliphatic rings. The molecule has 0 aliphatic heterocycles. The van der Waals surface area contributed by atoms with E-state index >= 15 is 0 Å². The quantitative estimate of drug-likeness (QED) is 0.795. The summed E-state index contributed by atoms with van der Waals surface area (Å²) in [6.07, 6.45) is 2.51. The third-order valence-electron chi connectivity index (χ3n) is 2.53. The predicted octanol–water partition coefficient (Wildman–Crippen LogP) is 2.54. The Morgan fingerprint density at radius 1 is 1.35 bits per heavy atom. The van der Waals surface area contributed by atoms with E-state index < -0.39 is 0 Å². The molecule has 5 heteroatoms. The maximum atomic E-state index is 6.03. The topological polar surface area (TPSA) is 39.7 Å². The highest BCUT2D eigenvalue weighted by Gasteiger charge is 2.26. The first-order valence-electron chi connectivity index (χ1n) is 5.53. The largest absolute Gasteiger partial charge is 0.493 e. The Kier molecular flexibility index (Phi) is 4.10. The van der Waals surface area contributed by atoms with Gasteiger partial charge in [-0.15, -0.1) is 0 Å². The van der Waals surface area contributed by atoms with Crippen molar-refractivity contribution < 1.29 is 14.3 Å². The number of benzene rings is 1. The van der Waals surface area contributed by atoms with Crippen LogP contribution in [0, 0.1) is 0 Å². The van der Waals surface area contributed by atoms with Crippen molar-refractivity contribution in [3.63, 3.8) is 0 Å². The molecule has 0 heterocycles. The second-order valence-electron chi connectivity index (χ2n) is 3.94. The smallest absolute Gasteiger partial charge is 0.166 e. The van der Waals surface area contributed by atoms with E-state index in [4.69, 9.17) is 25.9 Å². The molecule has 0 amide bonds. The van der Waals surface area contributed by atoms with E-state index in [0.29, 0.717) is 23.4 Å². The first kappa shape index (κ1) is 12.5. The predicted molar refractivity (Wildman–Crippen MR) is 65.5 cm³/mol. The molecule has 1 aromatic rings. The molecular weight excluding hydrogens is 242 g/mol. The number of halogens is 1. The van der Waals surface area contributed by atoms with Gasteiger partial charge < -0.3 is 14.3 Å². The second kappa shape index (κ2) is 5.58. The van der Waals surface area contributed by atoms with Gasteiger partial charge in [-0.3, -0.25) is 0 Å². The number of methoxy groups -OCH3 is 1. The standard InChI is InChI=1S/C12H16ClNO3/c1-15-11-6-9(13)5-8(7-14-16-2)12(11)17-10-3-4-10/h5-6,10,14H,3-4,7H2,1-2H3. The fourth-order valence-electron chi connectivity index (χ4n) is 1.54. The molecule has 1 aromatic carbocycles. The van der Waals surface area contributed by atoms with Crippen LogP contribution in [0.3, 0.4) is 0 Å². The number of hydrogen-bond donors (Lipinski definition) is 1. The molecule has 1 N–H and O–H groups in total. The van der Waals surface area contributed by atoms with Gasteiger partial charge in [0, 0.05) is 23.2 Å². The van der Waals surface area contributed by atoms with E-state index in [1.807, 2.05) is 6.07 Å². The molecule has 0 saturated heterocycles. The molecule has 1 fully saturated rings. The highest BCUT2D eigenvalue weighted by atomic mass is 35.5. The Morgan fingerprint density at radius 2 is 2.12 bits per heavy atom. The molecule has 17 heavy (non-hydrogen) atoms. The molecule has 1 aliphatic carbocycles. The van der Waals surface area contributed by atoms with Crippen LogP contribution in [0.15, 0.2) is 12.1 Å². The summed E-state index contributed by atoms with van der Waals surface area (Å²) in [5.74, 6) is 1.42. The van der Waals surface area contributed by atoms with Crippen LogP contribution in [0.4, 0.5) is 0 Å². The summed E-state index contributed by atoms with van der Waals surface area (Å²) >= 11 is 6.03. The van der Waals surface area contributed by atoms with Gasteiger partial charge >= 0.3 is 0 Å². The van der Waals surface area contributed by atoms with Crippen LogP contribution in [-0.2, 0) is 11.4 Å². The van der Waals surface area contributed by atoms with Crippen LogP contribution in [-0.4, -0.2) is 20.3 Å². The summed E-state index contributed by atoms with van der Waals surface area (Å²) in [4.78, 5) is 4.85. The van der Waals surface area contributed by atoms with Crippen LogP contribution < -0.4 is 15.0 Å². The van der Waals surface area contributed by atoms with E-state index in [1.54, 1.807) is 20.3 Å². The lowest BCUT2D eigenvalue weighted by molar-refractivity contribution is 0.0857. The molecule has 2 rings (SSSR count). The lowest BCUT2D eigenvalue weighted by atomic mass is 10.2. The number of rotatable bonds is 6. The van der Waals surface area contributed by atoms with Gasteiger partial charge in [0.25, 0.3) is 0 Å². The summed E-state index contributed by atoms with van der Waals surface area (Å²) in [6.45, 7) is 0.523. The lowest BCUT2D eigenvalue weighted by Gasteiger charge is -2.15. The van der Waals surface area contributed by atoms with Gasteiger partial charge in [-0.1, -0.05) is 11.6 Å². The van der Waals surface area contributed by atoms with Crippen LogP contribution in [0.25, 0.3) is 0 Å². The van der Waals surface area contributed by atoms with Crippen LogP contribution in [0.1, 0.15) is 18.4 Å². The van der Waals surface area contributed by atoms with Crippen molar-refractivity contribution in [2.45, 2.75) is 25.5 Å². The summed E-state index contributed by atoms with van der Waals surface area (Å²) in [7, 11) is 3.18. The molecule has 0 bridgehead atoms. The third kappa shape index (κ3) is 3.25. The SMILES string of the molecule is CONCc1cc(Cl)cc(OC)c1OC1CC1. The third-order valence-corrected chi connectivity index (χ3v) is 2.75. The molecule has 0 atom stereocenters. The molecular formula is C12H16ClNO3. The summed E-state index contributed by atoms with van der Waals surface area (Å²) < 4.78 is 11.1. The Bertz CT molecular complexity index is 394. The summed E-state index contributed by atoms with van der Waals surface area (Å²) in [5.41, 5.74) is 3.72. The normalized spacial score (nSPS) is 14.8. The zero-order chi connectivity index (χ0) is 12.3. The Labute approximate surface area is 106 Å². The van der Waals surface area contributed by atoms with E-state index in [2.05, 4.69) is 5.48 Å². The number of hydroxylamine groups is 1. The van der Waals surface area contributed by atoms with Crippen molar-refractivity contribution in [2.75, 3.05) is 14.2 Å². The van der Waals surface area contributed by atoms with Gasteiger partial charge in [0.2, 0.25) is 0 Å². The molecule has 0 spiro atoms. The van der Waals surface area contributed by atoms with Gasteiger partial charge in [-0.2, -0.15) is 5.48 Å². The van der Waals surface area contributed by atoms with Crippen LogP contribution in [0.2, 0.25) is 5.02 Å². The highest BCUT2D eigenvalue weighted by Crippen LogP contribution is 2.38. The minimum atomic E-state index is 0.311. The lowest BCUT2D eigenvalue weighted by Crippen LogP contribution is -2.13. The zero-order valence-electron chi connectivity index (χ0n) is 9.96. The zero-order valence-corrected chi connectivity index (χ0v) is 10.7. The molecule has 4 nitrogen and oxygen atoms in total. The van der Waals surface area contributed by atoms with Gasteiger partial charge in [-0.25, -0.2) is 0 Å². The van der Waals surface area contributed by atoms with Crippen LogP contribution in [0.5, 0.6) is 11.5 Å². The minimum absolute atomic E-state index is 0.311. The number of hydrogen-bond acceptors (Lipinski definition) is 4. The van der Waals surface area contributed by atoms with Crippen molar-refractivity contribution in [1.29, 1.82) is 0 Å². The molecule has 94 valence electrons. The van der Waals surface area contributed by atoms with Gasteiger partial charge in [0.1, 0.15) is 0 Å². The first-order valence-corrected chi connectivity index (χ1v) is 5.91. The summed E-state index contributed by atoms with van der Waals surface area (Å²) in [5, 5.41) is 0.623. The Morgan fingerprint density at radius 3 is 2.71 bits per heavy atom. The van der Waals surface area contributed by atoms with E-state index in [1.165, 1.54) is 0 Å². The van der Waals surface area contributed by atoms with Crippen molar-refractivity contribution in [2.24, 2.45) is 0 Å². The summed E-state index contributed by atoms with van der Waals surface area (Å²) in [6, 6.07) is 3.61. The van der Waals surface area contributed by atoms with E-state index in [9.17, 15) is 0 Å². The van der Waals surface area contributed by atoms with Crippen molar-refractivity contribution in [3.8, 4) is 11.5 Å². The molecule has 1 saturated carbocycles. The van der Waals surface area contributed by atoms with E-state index in [0.717, 1.165) is 24.2 Å². The first-order chi connectivity index (χ1) is 8.24. The van der Waals surface area contributed by atoms with Crippen molar-refractivity contribution in [1.82, 2.24) is 5.48 Å². The fourth-order valence-corrected chi connectivity index (χ4v) is 1.77. The molecule has 0 radical (unpaired) electrons. The van der Waals surface area contributed by atoms with Gasteiger partial charge in [0.15, 0.2) is 11.5 Å². The second-order valence-corrected chi connectivity index (χ2v) is 4.38. The molecule has 0 unspecified atom stereocenters. The highest BCUT2D eigenvalue weighted by molar-refractivity contribution is 6.30. The average Bonchev–Trinajstić information content (AvgIpc) is 3.12. The Balaban J connectivity index is 2.26. The van der Waals surface area contributed by atoms with Crippen molar-refractivity contribution in [3.05, 3.63) is 22.7 Å². The Hall–Kier alpha value is -0.970. The maximum Gasteiger partial charge on any atom is 0.166 e. The minimum Gasteiger partial charge on any atom is -0.493 e. The van der Waals surface area contributed by atoms with Gasteiger partial charge in [-0.05, 0) is 18.9 Å². The number of ether oxygens (including phenoxy) is 2. The average molecular weight is 258 g/mol. The maximum absolute atomic E-state index is 6.03. The van der Waals surface area contributed by atoms with Gasteiger partial charge in [0.05, 0.1) is 20.3 Å². The van der Waals surface area contributed by atoms with Crippen molar-refractivity contribution >= 4 is 11.6 Å². The monoisotopic (exact) mass is 257 g/mol.